The number of fused-ring (bicyclic) bond motifs is 8. The minimum atomic E-state index is 1.05. The molecule has 8 aromatic carbocycles. The number of hydrogen-bond acceptors (Lipinski definition) is 3. The molecule has 0 aliphatic heterocycles. The molecule has 2 nitrogen and oxygen atoms in total. The number of rotatable bonds is 4. The first-order valence-corrected chi connectivity index (χ1v) is 15.7. The van der Waals surface area contributed by atoms with E-state index in [4.69, 9.17) is 4.98 Å². The highest BCUT2D eigenvalue weighted by Gasteiger charge is 2.18. The molecule has 44 heavy (non-hydrogen) atoms. The summed E-state index contributed by atoms with van der Waals surface area (Å²) in [4.78, 5) is 7.61. The van der Waals surface area contributed by atoms with Gasteiger partial charge in [-0.05, 0) is 68.7 Å². The summed E-state index contributed by atoms with van der Waals surface area (Å²) >= 11 is 1.78. The molecular weight excluding hydrogens is 553 g/mol. The molecule has 0 saturated carbocycles. The predicted octanol–water partition coefficient (Wildman–Crippen LogP) is 12.0. The van der Waals surface area contributed by atoms with E-state index >= 15 is 0 Å². The fraction of sp³-hybridized carbons (Fsp3) is 0. The summed E-state index contributed by atoms with van der Waals surface area (Å²) < 4.78 is 1.24. The Balaban J connectivity index is 1.31. The highest BCUT2D eigenvalue weighted by molar-refractivity contribution is 7.22. The molecule has 0 radical (unpaired) electrons. The quantitative estimate of drug-likeness (QED) is 0.193. The smallest absolute Gasteiger partial charge is 0.124 e. The van der Waals surface area contributed by atoms with Crippen LogP contribution in [0.1, 0.15) is 0 Å². The van der Waals surface area contributed by atoms with E-state index in [1.807, 2.05) is 0 Å². The van der Waals surface area contributed by atoms with Crippen LogP contribution in [0.25, 0.3) is 63.9 Å². The second-order valence-electron chi connectivity index (χ2n) is 11.2. The Bertz CT molecular complexity index is 2430. The van der Waals surface area contributed by atoms with Crippen molar-refractivity contribution in [2.75, 3.05) is 4.90 Å². The first kappa shape index (κ1) is 25.0. The molecule has 1 heterocycles. The van der Waals surface area contributed by atoms with E-state index in [0.717, 1.165) is 33.1 Å². The third-order valence-electron chi connectivity index (χ3n) is 8.61. The topological polar surface area (TPSA) is 16.1 Å². The fourth-order valence-electron chi connectivity index (χ4n) is 6.48. The van der Waals surface area contributed by atoms with Gasteiger partial charge in [0, 0.05) is 33.4 Å². The van der Waals surface area contributed by atoms with Crippen LogP contribution in [0.2, 0.25) is 0 Å². The number of anilines is 3. The second-order valence-corrected chi connectivity index (χ2v) is 12.2. The monoisotopic (exact) mass is 578 g/mol. The van der Waals surface area contributed by atoms with Gasteiger partial charge in [-0.1, -0.05) is 121 Å². The number of benzene rings is 8. The lowest BCUT2D eigenvalue weighted by atomic mass is 9.99. The normalized spacial score (nSPS) is 11.6. The zero-order valence-corrected chi connectivity index (χ0v) is 24.6. The minimum Gasteiger partial charge on any atom is -0.310 e. The molecule has 1 aromatic heterocycles. The van der Waals surface area contributed by atoms with Crippen molar-refractivity contribution in [3.63, 3.8) is 0 Å². The van der Waals surface area contributed by atoms with Crippen LogP contribution < -0.4 is 4.90 Å². The van der Waals surface area contributed by atoms with Crippen LogP contribution in [0, 0.1) is 0 Å². The van der Waals surface area contributed by atoms with Crippen molar-refractivity contribution < 1.29 is 0 Å². The SMILES string of the molecule is c1ccc(-c2nc3c4ccc(N(c5ccc6ccccc6c5)c5ccc6ccccc6c5)cc4c4ccccc4c3s2)cc1. The lowest BCUT2D eigenvalue weighted by molar-refractivity contribution is 1.30. The maximum Gasteiger partial charge on any atom is 0.124 e. The van der Waals surface area contributed by atoms with Crippen LogP contribution in [0.4, 0.5) is 17.1 Å². The Morgan fingerprint density at radius 3 is 1.64 bits per heavy atom. The number of aromatic nitrogens is 1. The van der Waals surface area contributed by atoms with Crippen LogP contribution in [-0.4, -0.2) is 4.98 Å². The van der Waals surface area contributed by atoms with Gasteiger partial charge in [0.2, 0.25) is 0 Å². The largest absolute Gasteiger partial charge is 0.310 e. The molecule has 206 valence electrons. The van der Waals surface area contributed by atoms with E-state index in [9.17, 15) is 0 Å². The maximum absolute atomic E-state index is 5.23. The van der Waals surface area contributed by atoms with E-state index in [-0.39, 0.29) is 0 Å². The van der Waals surface area contributed by atoms with Crippen molar-refractivity contribution in [2.24, 2.45) is 0 Å². The Morgan fingerprint density at radius 1 is 0.409 bits per heavy atom. The molecule has 0 amide bonds. The highest BCUT2D eigenvalue weighted by Crippen LogP contribution is 2.44. The zero-order chi connectivity index (χ0) is 29.0. The van der Waals surface area contributed by atoms with Gasteiger partial charge in [-0.15, -0.1) is 11.3 Å². The van der Waals surface area contributed by atoms with E-state index in [2.05, 4.69) is 163 Å². The van der Waals surface area contributed by atoms with Crippen molar-refractivity contribution in [3.05, 3.63) is 158 Å². The summed E-state index contributed by atoms with van der Waals surface area (Å²) in [6.45, 7) is 0. The lowest BCUT2D eigenvalue weighted by Gasteiger charge is -2.27. The summed E-state index contributed by atoms with van der Waals surface area (Å²) in [5.74, 6) is 0. The summed E-state index contributed by atoms with van der Waals surface area (Å²) in [6.07, 6.45) is 0. The maximum atomic E-state index is 5.23. The number of hydrogen-bond donors (Lipinski definition) is 0. The summed E-state index contributed by atoms with van der Waals surface area (Å²) in [7, 11) is 0. The zero-order valence-electron chi connectivity index (χ0n) is 23.8. The van der Waals surface area contributed by atoms with Crippen LogP contribution in [0.5, 0.6) is 0 Å². The van der Waals surface area contributed by atoms with Crippen LogP contribution >= 0.6 is 11.3 Å². The van der Waals surface area contributed by atoms with Gasteiger partial charge in [0.25, 0.3) is 0 Å². The molecule has 3 heteroatoms. The molecule has 0 saturated heterocycles. The average Bonchev–Trinajstić information content (AvgIpc) is 3.55. The number of thiazole rings is 1. The van der Waals surface area contributed by atoms with Gasteiger partial charge in [0.1, 0.15) is 5.01 Å². The van der Waals surface area contributed by atoms with Crippen LogP contribution in [0.15, 0.2) is 158 Å². The first-order chi connectivity index (χ1) is 21.8. The van der Waals surface area contributed by atoms with Crippen molar-refractivity contribution >= 4 is 81.7 Å². The molecule has 0 fully saturated rings. The number of nitrogens with zero attached hydrogens (tertiary/aromatic N) is 2. The van der Waals surface area contributed by atoms with E-state index < -0.39 is 0 Å². The molecule has 0 unspecified atom stereocenters. The molecule has 9 rings (SSSR count). The lowest BCUT2D eigenvalue weighted by Crippen LogP contribution is -2.10. The molecule has 0 aliphatic rings. The van der Waals surface area contributed by atoms with Crippen molar-refractivity contribution in [1.29, 1.82) is 0 Å². The molecule has 9 aromatic rings. The van der Waals surface area contributed by atoms with Crippen LogP contribution in [0.3, 0.4) is 0 Å². The van der Waals surface area contributed by atoms with Gasteiger partial charge in [0.15, 0.2) is 0 Å². The molecule has 0 atom stereocenters. The summed E-state index contributed by atoms with van der Waals surface area (Å²) in [5.41, 5.74) is 5.59. The van der Waals surface area contributed by atoms with Crippen molar-refractivity contribution in [2.45, 2.75) is 0 Å². The molecule has 0 bridgehead atoms. The van der Waals surface area contributed by atoms with E-state index in [0.29, 0.717) is 0 Å². The Morgan fingerprint density at radius 2 is 0.955 bits per heavy atom. The molecule has 0 N–H and O–H groups in total. The van der Waals surface area contributed by atoms with Gasteiger partial charge in [-0.2, -0.15) is 0 Å². The fourth-order valence-corrected chi connectivity index (χ4v) is 7.61. The average molecular weight is 579 g/mol. The predicted molar refractivity (Wildman–Crippen MR) is 190 cm³/mol. The first-order valence-electron chi connectivity index (χ1n) is 14.9. The van der Waals surface area contributed by atoms with E-state index in [1.54, 1.807) is 11.3 Å². The Hall–Kier alpha value is -5.51. The summed E-state index contributed by atoms with van der Waals surface area (Å²) in [6, 6.07) is 56.8. The van der Waals surface area contributed by atoms with Gasteiger partial charge in [-0.25, -0.2) is 4.98 Å². The third-order valence-corrected chi connectivity index (χ3v) is 9.75. The third kappa shape index (κ3) is 4.05. The van der Waals surface area contributed by atoms with Gasteiger partial charge in [0.05, 0.1) is 10.2 Å². The van der Waals surface area contributed by atoms with Gasteiger partial charge < -0.3 is 4.90 Å². The van der Waals surface area contributed by atoms with Gasteiger partial charge >= 0.3 is 0 Å². The molecular formula is C41H26N2S. The summed E-state index contributed by atoms with van der Waals surface area (Å²) in [5, 5.41) is 10.8. The Kier molecular flexibility index (Phi) is 5.71. The minimum absolute atomic E-state index is 1.05. The van der Waals surface area contributed by atoms with Crippen molar-refractivity contribution in [3.8, 4) is 10.6 Å². The molecule has 0 spiro atoms. The standard InChI is InChI=1S/C41H26N2S/c1-2-12-29(13-3-1)41-42-39-36-23-22-34(26-38(36)35-16-8-9-17-37(35)40(39)44-41)43(32-20-18-27-10-4-6-14-30(27)24-32)33-21-19-28-11-5-7-15-31(28)25-33/h1-26H. The highest BCUT2D eigenvalue weighted by atomic mass is 32.1. The van der Waals surface area contributed by atoms with E-state index in [1.165, 1.54) is 47.8 Å². The van der Waals surface area contributed by atoms with Crippen LogP contribution in [-0.2, 0) is 0 Å². The molecule has 0 aliphatic carbocycles. The van der Waals surface area contributed by atoms with Gasteiger partial charge in [-0.3, -0.25) is 0 Å². The Labute approximate surface area is 259 Å². The second kappa shape index (κ2) is 10.0. The van der Waals surface area contributed by atoms with Crippen molar-refractivity contribution in [1.82, 2.24) is 4.98 Å².